The normalized spacial score (nSPS) is 17.2. The van der Waals surface area contributed by atoms with Crippen molar-refractivity contribution in [2.75, 3.05) is 13.6 Å². The van der Waals surface area contributed by atoms with Gasteiger partial charge >= 0.3 is 0 Å². The second-order valence-electron chi connectivity index (χ2n) is 5.20. The molecule has 0 unspecified atom stereocenters. The zero-order valence-corrected chi connectivity index (χ0v) is 12.1. The Kier molecular flexibility index (Phi) is 4.60. The van der Waals surface area contributed by atoms with Crippen molar-refractivity contribution in [2.24, 2.45) is 5.92 Å². The molecule has 2 rings (SSSR count). The number of aliphatic hydroxyl groups excluding tert-OH is 1. The molecule has 19 heavy (non-hydrogen) atoms. The molecule has 0 spiro atoms. The summed E-state index contributed by atoms with van der Waals surface area (Å²) in [6.07, 6.45) is 4.63. The molecule has 1 saturated carbocycles. The van der Waals surface area contributed by atoms with E-state index in [1.165, 1.54) is 17.1 Å². The zero-order chi connectivity index (χ0) is 13.9. The average molecular weight is 283 g/mol. The maximum Gasteiger partial charge on any atom is 0.243 e. The van der Waals surface area contributed by atoms with E-state index >= 15 is 0 Å². The summed E-state index contributed by atoms with van der Waals surface area (Å²) in [5.74, 6) is 0.473. The molecule has 1 fully saturated rings. The summed E-state index contributed by atoms with van der Waals surface area (Å²) in [6, 6.07) is 6.64. The average Bonchev–Trinajstić information content (AvgIpc) is 2.91. The molecule has 1 aliphatic carbocycles. The fourth-order valence-electron chi connectivity index (χ4n) is 2.71. The smallest absolute Gasteiger partial charge is 0.243 e. The van der Waals surface area contributed by atoms with Gasteiger partial charge in [-0.15, -0.1) is 0 Å². The molecule has 0 atom stereocenters. The maximum absolute atomic E-state index is 12.5. The fraction of sp³-hybridized carbons (Fsp3) is 0.571. The zero-order valence-electron chi connectivity index (χ0n) is 11.2. The number of hydrogen-bond donors (Lipinski definition) is 1. The van der Waals surface area contributed by atoms with Crippen molar-refractivity contribution in [3.8, 4) is 0 Å². The Morgan fingerprint density at radius 1 is 1.26 bits per heavy atom. The van der Waals surface area contributed by atoms with Gasteiger partial charge in [-0.2, -0.15) is 0 Å². The second kappa shape index (κ2) is 6.03. The van der Waals surface area contributed by atoms with E-state index in [2.05, 4.69) is 0 Å². The van der Waals surface area contributed by atoms with E-state index in [4.69, 9.17) is 0 Å². The minimum atomic E-state index is -3.50. The first-order valence-electron chi connectivity index (χ1n) is 6.71. The third kappa shape index (κ3) is 3.16. The Hall–Kier alpha value is -0.910. The Morgan fingerprint density at radius 2 is 1.89 bits per heavy atom. The molecule has 0 radical (unpaired) electrons. The van der Waals surface area contributed by atoms with Gasteiger partial charge in [0.15, 0.2) is 0 Å². The molecule has 0 aliphatic heterocycles. The van der Waals surface area contributed by atoms with Crippen LogP contribution in [0.1, 0.15) is 31.2 Å². The van der Waals surface area contributed by atoms with Crippen LogP contribution in [-0.2, 0) is 16.6 Å². The highest BCUT2D eigenvalue weighted by molar-refractivity contribution is 7.89. The molecular weight excluding hydrogens is 262 g/mol. The summed E-state index contributed by atoms with van der Waals surface area (Å²) in [4.78, 5) is 0.220. The van der Waals surface area contributed by atoms with E-state index in [0.29, 0.717) is 18.0 Å². The van der Waals surface area contributed by atoms with Crippen LogP contribution >= 0.6 is 0 Å². The van der Waals surface area contributed by atoms with Crippen molar-refractivity contribution in [1.29, 1.82) is 0 Å². The van der Waals surface area contributed by atoms with Gasteiger partial charge in [-0.1, -0.05) is 31.0 Å². The Balaban J connectivity index is 2.20. The van der Waals surface area contributed by atoms with E-state index in [1.807, 2.05) is 0 Å². The van der Waals surface area contributed by atoms with Crippen molar-refractivity contribution >= 4 is 10.0 Å². The summed E-state index contributed by atoms with van der Waals surface area (Å²) >= 11 is 0. The van der Waals surface area contributed by atoms with Crippen LogP contribution < -0.4 is 0 Å². The Morgan fingerprint density at radius 3 is 2.53 bits per heavy atom. The third-order valence-electron chi connectivity index (χ3n) is 3.82. The first-order valence-corrected chi connectivity index (χ1v) is 8.15. The Bertz CT molecular complexity index is 521. The number of rotatable bonds is 5. The van der Waals surface area contributed by atoms with Crippen LogP contribution in [0.4, 0.5) is 0 Å². The van der Waals surface area contributed by atoms with E-state index in [-0.39, 0.29) is 11.5 Å². The topological polar surface area (TPSA) is 57.6 Å². The molecule has 106 valence electrons. The summed E-state index contributed by atoms with van der Waals surface area (Å²) in [5.41, 5.74) is 0.459. The number of sulfonamides is 1. The molecule has 0 amide bonds. The molecular formula is C14H21NO3S. The summed E-state index contributed by atoms with van der Waals surface area (Å²) in [6.45, 7) is 0.314. The van der Waals surface area contributed by atoms with Crippen molar-refractivity contribution in [1.82, 2.24) is 4.31 Å². The summed E-state index contributed by atoms with van der Waals surface area (Å²) in [7, 11) is -1.87. The number of nitrogens with zero attached hydrogens (tertiary/aromatic N) is 1. The van der Waals surface area contributed by atoms with Crippen molar-refractivity contribution < 1.29 is 13.5 Å². The molecule has 0 aromatic heterocycles. The lowest BCUT2D eigenvalue weighted by molar-refractivity contribution is 0.278. The fourth-order valence-corrected chi connectivity index (χ4v) is 4.17. The lowest BCUT2D eigenvalue weighted by atomic mass is 10.1. The first-order chi connectivity index (χ1) is 9.05. The molecule has 4 nitrogen and oxygen atoms in total. The SMILES string of the molecule is CN(CC1CCCC1)S(=O)(=O)c1ccccc1CO. The van der Waals surface area contributed by atoms with Crippen molar-refractivity contribution in [2.45, 2.75) is 37.2 Å². The van der Waals surface area contributed by atoms with Crippen LogP contribution in [0.3, 0.4) is 0 Å². The summed E-state index contributed by atoms with van der Waals surface area (Å²) in [5, 5.41) is 9.26. The minimum Gasteiger partial charge on any atom is -0.392 e. The van der Waals surface area contributed by atoms with E-state index in [9.17, 15) is 13.5 Å². The van der Waals surface area contributed by atoms with Gasteiger partial charge in [0.25, 0.3) is 0 Å². The quantitative estimate of drug-likeness (QED) is 0.899. The monoisotopic (exact) mass is 283 g/mol. The predicted octanol–water partition coefficient (Wildman–Crippen LogP) is 1.99. The minimum absolute atomic E-state index is 0.220. The molecule has 5 heteroatoms. The lowest BCUT2D eigenvalue weighted by Crippen LogP contribution is -2.31. The highest BCUT2D eigenvalue weighted by Gasteiger charge is 2.26. The summed E-state index contributed by atoms with van der Waals surface area (Å²) < 4.78 is 26.5. The number of hydrogen-bond acceptors (Lipinski definition) is 3. The molecule has 0 saturated heterocycles. The lowest BCUT2D eigenvalue weighted by Gasteiger charge is -2.21. The maximum atomic E-state index is 12.5. The number of benzene rings is 1. The van der Waals surface area contributed by atoms with Crippen molar-refractivity contribution in [3.63, 3.8) is 0 Å². The molecule has 1 N–H and O–H groups in total. The van der Waals surface area contributed by atoms with Crippen LogP contribution in [0.5, 0.6) is 0 Å². The van der Waals surface area contributed by atoms with Crippen LogP contribution in [0.2, 0.25) is 0 Å². The van der Waals surface area contributed by atoms with Gasteiger partial charge < -0.3 is 5.11 Å². The molecule has 0 bridgehead atoms. The predicted molar refractivity (Wildman–Crippen MR) is 74.1 cm³/mol. The van der Waals surface area contributed by atoms with Gasteiger partial charge in [0.05, 0.1) is 11.5 Å². The largest absolute Gasteiger partial charge is 0.392 e. The van der Waals surface area contributed by atoms with E-state index in [0.717, 1.165) is 12.8 Å². The molecule has 1 aromatic rings. The number of aliphatic hydroxyl groups is 1. The van der Waals surface area contributed by atoms with Crippen molar-refractivity contribution in [3.05, 3.63) is 29.8 Å². The van der Waals surface area contributed by atoms with Crippen LogP contribution in [0.15, 0.2) is 29.2 Å². The highest BCUT2D eigenvalue weighted by Crippen LogP contribution is 2.27. The van der Waals surface area contributed by atoms with Gasteiger partial charge in [-0.25, -0.2) is 12.7 Å². The van der Waals surface area contributed by atoms with Crippen LogP contribution in [0.25, 0.3) is 0 Å². The van der Waals surface area contributed by atoms with E-state index in [1.54, 1.807) is 31.3 Å². The third-order valence-corrected chi connectivity index (χ3v) is 5.75. The first kappa shape index (κ1) is 14.5. The Labute approximate surface area is 115 Å². The van der Waals surface area contributed by atoms with Gasteiger partial charge in [0, 0.05) is 13.6 Å². The van der Waals surface area contributed by atoms with Gasteiger partial charge in [-0.3, -0.25) is 0 Å². The van der Waals surface area contributed by atoms with Gasteiger partial charge in [0.2, 0.25) is 10.0 Å². The molecule has 1 aliphatic rings. The highest BCUT2D eigenvalue weighted by atomic mass is 32.2. The van der Waals surface area contributed by atoms with Gasteiger partial charge in [-0.05, 0) is 30.4 Å². The standard InChI is InChI=1S/C14H21NO3S/c1-15(10-12-6-2-3-7-12)19(17,18)14-9-5-4-8-13(14)11-16/h4-5,8-9,12,16H,2-3,6-7,10-11H2,1H3. The van der Waals surface area contributed by atoms with E-state index < -0.39 is 10.0 Å². The van der Waals surface area contributed by atoms with Gasteiger partial charge in [0.1, 0.15) is 0 Å². The molecule has 1 aromatic carbocycles. The van der Waals surface area contributed by atoms with Crippen LogP contribution in [-0.4, -0.2) is 31.4 Å². The van der Waals surface area contributed by atoms with Crippen LogP contribution in [0, 0.1) is 5.92 Å². The second-order valence-corrected chi connectivity index (χ2v) is 7.22. The molecule has 0 heterocycles.